The van der Waals surface area contributed by atoms with Gasteiger partial charge in [0, 0.05) is 31.1 Å². The van der Waals surface area contributed by atoms with Crippen LogP contribution in [0.15, 0.2) is 24.3 Å². The summed E-state index contributed by atoms with van der Waals surface area (Å²) in [5.74, 6) is 3.43. The fraction of sp³-hybridized carbons (Fsp3) is 0.467. The number of nitrogens with zero attached hydrogens (tertiary/aromatic N) is 3. The Kier molecular flexibility index (Phi) is 2.73. The van der Waals surface area contributed by atoms with Crippen LogP contribution in [-0.2, 0) is 13.0 Å². The van der Waals surface area contributed by atoms with Gasteiger partial charge in [0.25, 0.3) is 0 Å². The zero-order valence-electron chi connectivity index (χ0n) is 11.2. The van der Waals surface area contributed by atoms with Crippen molar-refractivity contribution in [3.05, 3.63) is 41.5 Å². The topological polar surface area (TPSA) is 60.2 Å². The number of benzene rings is 1. The average Bonchev–Trinajstić information content (AvgIpc) is 3.09. The van der Waals surface area contributed by atoms with Crippen LogP contribution in [0.2, 0.25) is 0 Å². The summed E-state index contributed by atoms with van der Waals surface area (Å²) in [5, 5.41) is 18.1. The van der Waals surface area contributed by atoms with E-state index in [0.717, 1.165) is 36.8 Å². The molecular formula is C15H17N3O2. The molecule has 0 spiro atoms. The van der Waals surface area contributed by atoms with Gasteiger partial charge in [0.1, 0.15) is 24.0 Å². The summed E-state index contributed by atoms with van der Waals surface area (Å²) in [7, 11) is 0. The lowest BCUT2D eigenvalue weighted by atomic mass is 9.97. The molecule has 5 heteroatoms. The van der Waals surface area contributed by atoms with Crippen molar-refractivity contribution >= 4 is 0 Å². The predicted molar refractivity (Wildman–Crippen MR) is 72.7 cm³/mol. The molecule has 2 unspecified atom stereocenters. The van der Waals surface area contributed by atoms with Gasteiger partial charge in [-0.05, 0) is 12.5 Å². The molecule has 2 atom stereocenters. The second-order valence-electron chi connectivity index (χ2n) is 5.57. The molecule has 0 radical (unpaired) electrons. The standard InChI is InChI=1S/C15H17N3O2/c19-8-10-5-6-14-16-17-15(18(14)7-10)12-9-20-13-4-2-1-3-11(12)13/h1-4,10,12,19H,5-9H2. The molecular weight excluding hydrogens is 254 g/mol. The Bertz CT molecular complexity index is 638. The Morgan fingerprint density at radius 3 is 3.10 bits per heavy atom. The highest BCUT2D eigenvalue weighted by Gasteiger charge is 2.32. The Morgan fingerprint density at radius 1 is 1.30 bits per heavy atom. The van der Waals surface area contributed by atoms with Crippen molar-refractivity contribution in [2.45, 2.75) is 25.3 Å². The molecule has 0 aliphatic carbocycles. The summed E-state index contributed by atoms with van der Waals surface area (Å²) >= 11 is 0. The molecule has 2 aliphatic rings. The third kappa shape index (κ3) is 1.73. The number of aliphatic hydroxyl groups excluding tert-OH is 1. The van der Waals surface area contributed by atoms with Crippen molar-refractivity contribution in [3.63, 3.8) is 0 Å². The van der Waals surface area contributed by atoms with E-state index in [4.69, 9.17) is 4.74 Å². The van der Waals surface area contributed by atoms with Crippen LogP contribution in [0, 0.1) is 5.92 Å². The van der Waals surface area contributed by atoms with Crippen LogP contribution in [0.5, 0.6) is 5.75 Å². The Balaban J connectivity index is 1.73. The lowest BCUT2D eigenvalue weighted by Crippen LogP contribution is -2.25. The zero-order valence-corrected chi connectivity index (χ0v) is 11.2. The van der Waals surface area contributed by atoms with Gasteiger partial charge < -0.3 is 14.4 Å². The van der Waals surface area contributed by atoms with Gasteiger partial charge in [-0.1, -0.05) is 18.2 Å². The molecule has 1 aromatic carbocycles. The minimum Gasteiger partial charge on any atom is -0.492 e. The third-order valence-corrected chi connectivity index (χ3v) is 4.34. The smallest absolute Gasteiger partial charge is 0.144 e. The number of para-hydroxylation sites is 1. The maximum Gasteiger partial charge on any atom is 0.144 e. The lowest BCUT2D eigenvalue weighted by Gasteiger charge is -2.23. The van der Waals surface area contributed by atoms with Crippen molar-refractivity contribution in [3.8, 4) is 5.75 Å². The molecule has 1 N–H and O–H groups in total. The van der Waals surface area contributed by atoms with Crippen LogP contribution in [-0.4, -0.2) is 33.1 Å². The fourth-order valence-corrected chi connectivity index (χ4v) is 3.20. The van der Waals surface area contributed by atoms with E-state index in [-0.39, 0.29) is 12.5 Å². The second kappa shape index (κ2) is 4.59. The maximum atomic E-state index is 9.39. The molecule has 0 saturated carbocycles. The minimum absolute atomic E-state index is 0.157. The Morgan fingerprint density at radius 2 is 2.20 bits per heavy atom. The van der Waals surface area contributed by atoms with Gasteiger partial charge >= 0.3 is 0 Å². The molecule has 5 nitrogen and oxygen atoms in total. The monoisotopic (exact) mass is 271 g/mol. The number of aromatic nitrogens is 3. The van der Waals surface area contributed by atoms with Gasteiger partial charge in [-0.3, -0.25) is 0 Å². The number of fused-ring (bicyclic) bond motifs is 2. The van der Waals surface area contributed by atoms with Crippen LogP contribution in [0.1, 0.15) is 29.6 Å². The molecule has 104 valence electrons. The number of rotatable bonds is 2. The summed E-state index contributed by atoms with van der Waals surface area (Å²) in [6, 6.07) is 8.12. The molecule has 4 rings (SSSR count). The van der Waals surface area contributed by atoms with E-state index in [1.165, 1.54) is 5.56 Å². The number of aryl methyl sites for hydroxylation is 1. The van der Waals surface area contributed by atoms with Crippen molar-refractivity contribution in [1.29, 1.82) is 0 Å². The quantitative estimate of drug-likeness (QED) is 0.896. The highest BCUT2D eigenvalue weighted by molar-refractivity contribution is 5.42. The summed E-state index contributed by atoms with van der Waals surface area (Å²) in [5.41, 5.74) is 1.19. The molecule has 3 heterocycles. The van der Waals surface area contributed by atoms with Crippen LogP contribution in [0.4, 0.5) is 0 Å². The van der Waals surface area contributed by atoms with Gasteiger partial charge in [-0.15, -0.1) is 10.2 Å². The first-order chi connectivity index (χ1) is 9.86. The van der Waals surface area contributed by atoms with E-state index < -0.39 is 0 Å². The van der Waals surface area contributed by atoms with Crippen molar-refractivity contribution in [2.24, 2.45) is 5.92 Å². The van der Waals surface area contributed by atoms with Gasteiger partial charge in [0.2, 0.25) is 0 Å². The average molecular weight is 271 g/mol. The van der Waals surface area contributed by atoms with Crippen molar-refractivity contribution < 1.29 is 9.84 Å². The van der Waals surface area contributed by atoms with E-state index in [1.54, 1.807) is 0 Å². The Hall–Kier alpha value is -1.88. The van der Waals surface area contributed by atoms with Crippen molar-refractivity contribution in [1.82, 2.24) is 14.8 Å². The largest absolute Gasteiger partial charge is 0.492 e. The summed E-state index contributed by atoms with van der Waals surface area (Å²) in [4.78, 5) is 0. The number of aliphatic hydroxyl groups is 1. The zero-order chi connectivity index (χ0) is 13.5. The van der Waals surface area contributed by atoms with E-state index in [1.807, 2.05) is 18.2 Å². The third-order valence-electron chi connectivity index (χ3n) is 4.34. The second-order valence-corrected chi connectivity index (χ2v) is 5.57. The Labute approximate surface area is 117 Å². The summed E-state index contributed by atoms with van der Waals surface area (Å²) in [6.07, 6.45) is 1.89. The number of ether oxygens (including phenoxy) is 1. The van der Waals surface area contributed by atoms with Gasteiger partial charge in [-0.2, -0.15) is 0 Å². The predicted octanol–water partition coefficient (Wildman–Crippen LogP) is 1.36. The summed E-state index contributed by atoms with van der Waals surface area (Å²) < 4.78 is 7.93. The molecule has 0 fully saturated rings. The first kappa shape index (κ1) is 11.9. The molecule has 2 aliphatic heterocycles. The van der Waals surface area contributed by atoms with E-state index in [2.05, 4.69) is 20.8 Å². The van der Waals surface area contributed by atoms with Crippen LogP contribution in [0.3, 0.4) is 0 Å². The molecule has 0 bridgehead atoms. The van der Waals surface area contributed by atoms with Crippen LogP contribution < -0.4 is 4.74 Å². The number of hydrogen-bond acceptors (Lipinski definition) is 4. The summed E-state index contributed by atoms with van der Waals surface area (Å²) in [6.45, 7) is 1.67. The van der Waals surface area contributed by atoms with Crippen LogP contribution >= 0.6 is 0 Å². The first-order valence-corrected chi connectivity index (χ1v) is 7.11. The first-order valence-electron chi connectivity index (χ1n) is 7.11. The highest BCUT2D eigenvalue weighted by Crippen LogP contribution is 2.38. The molecule has 20 heavy (non-hydrogen) atoms. The van der Waals surface area contributed by atoms with E-state index in [0.29, 0.717) is 12.5 Å². The SMILES string of the molecule is OCC1CCc2nnc(C3COc4ccccc43)n2C1. The minimum atomic E-state index is 0.157. The molecule has 0 amide bonds. The van der Waals surface area contributed by atoms with E-state index in [9.17, 15) is 5.11 Å². The fourth-order valence-electron chi connectivity index (χ4n) is 3.20. The molecule has 0 saturated heterocycles. The number of hydrogen-bond donors (Lipinski definition) is 1. The van der Waals surface area contributed by atoms with Gasteiger partial charge in [0.15, 0.2) is 0 Å². The lowest BCUT2D eigenvalue weighted by molar-refractivity contribution is 0.188. The molecule has 2 aromatic rings. The van der Waals surface area contributed by atoms with E-state index >= 15 is 0 Å². The van der Waals surface area contributed by atoms with Gasteiger partial charge in [-0.25, -0.2) is 0 Å². The maximum absolute atomic E-state index is 9.39. The normalized spacial score (nSPS) is 24.1. The highest BCUT2D eigenvalue weighted by atomic mass is 16.5. The van der Waals surface area contributed by atoms with Crippen molar-refractivity contribution in [2.75, 3.05) is 13.2 Å². The van der Waals surface area contributed by atoms with Crippen LogP contribution in [0.25, 0.3) is 0 Å². The molecule has 1 aromatic heterocycles. The van der Waals surface area contributed by atoms with Gasteiger partial charge in [0.05, 0.1) is 5.92 Å².